The first-order valence-corrected chi connectivity index (χ1v) is 10.4. The number of thiol groups is 1. The molecule has 0 aliphatic carbocycles. The maximum Gasteiger partial charge on any atom is 0.419 e. The quantitative estimate of drug-likeness (QED) is 0.189. The highest BCUT2D eigenvalue weighted by molar-refractivity contribution is 7.80. The molecule has 1 aromatic heterocycles. The second-order valence-corrected chi connectivity index (χ2v) is 5.51. The molecule has 3 N–H and O–H groups in total. The predicted octanol–water partition coefficient (Wildman–Crippen LogP) is 8.61. The molecule has 3 aromatic rings. The van der Waals surface area contributed by atoms with Crippen molar-refractivity contribution in [2.45, 2.75) is 52.6 Å². The number of alkyl halides is 3. The molecule has 31 heavy (non-hydrogen) atoms. The monoisotopic (exact) mass is 462 g/mol. The Hall–Kier alpha value is -2.48. The first-order chi connectivity index (χ1) is 14.7. The number of anilines is 1. The molecule has 3 rings (SSSR count). The average Bonchev–Trinajstić information content (AvgIpc) is 3.22. The van der Waals surface area contributed by atoms with Gasteiger partial charge in [0.15, 0.2) is 0 Å². The molecule has 2 aromatic carbocycles. The normalized spacial score (nSPS) is 9.42. The van der Waals surface area contributed by atoms with Crippen LogP contribution in [-0.2, 0) is 6.18 Å². The molecular formula is C23H31F5N2S. The zero-order chi connectivity index (χ0) is 24.6. The number of H-pyrrole nitrogens is 1. The largest absolute Gasteiger partial charge is 0.419 e. The van der Waals surface area contributed by atoms with Gasteiger partial charge in [0, 0.05) is 22.9 Å². The van der Waals surface area contributed by atoms with Gasteiger partial charge in [-0.1, -0.05) is 71.9 Å². The zero-order valence-corrected chi connectivity index (χ0v) is 19.5. The lowest BCUT2D eigenvalue weighted by molar-refractivity contribution is -0.140. The molecule has 0 bridgehead atoms. The molecule has 0 spiro atoms. The lowest BCUT2D eigenvalue weighted by atomic mass is 10.2. The molecule has 0 fully saturated rings. The van der Waals surface area contributed by atoms with E-state index in [1.54, 1.807) is 0 Å². The molecular weight excluding hydrogens is 431 g/mol. The number of halogens is 5. The lowest BCUT2D eigenvalue weighted by Gasteiger charge is -2.08. The number of nitrogens with one attached hydrogen (secondary N) is 1. The van der Waals surface area contributed by atoms with E-state index in [2.05, 4.69) is 29.7 Å². The third-order valence-electron chi connectivity index (χ3n) is 3.14. The van der Waals surface area contributed by atoms with Gasteiger partial charge in [-0.05, 0) is 17.7 Å². The maximum atomic E-state index is 12.6. The summed E-state index contributed by atoms with van der Waals surface area (Å²) in [6.45, 7) is 12.0. The number of hydrogen-bond acceptors (Lipinski definition) is 2. The standard InChI is InChI=1S/C10H9NS.C7H4F5N.3C2H6/c12-9-6-10(11-7-9)8-4-2-1-3-5-8;8-4-2-6(13)5(9)1-3(4)7(10,11)12;3*1-2/h1-7,11-12H;1-2H,13H2;3*1-2H3. The van der Waals surface area contributed by atoms with Crippen LogP contribution in [0.1, 0.15) is 47.1 Å². The summed E-state index contributed by atoms with van der Waals surface area (Å²) >= 11 is 4.22. The van der Waals surface area contributed by atoms with Crippen molar-refractivity contribution in [2.24, 2.45) is 0 Å². The van der Waals surface area contributed by atoms with Crippen molar-refractivity contribution in [1.82, 2.24) is 4.98 Å². The van der Waals surface area contributed by atoms with Gasteiger partial charge in [-0.25, -0.2) is 8.78 Å². The van der Waals surface area contributed by atoms with Gasteiger partial charge in [-0.15, -0.1) is 12.6 Å². The van der Waals surface area contributed by atoms with E-state index < -0.39 is 29.1 Å². The molecule has 0 atom stereocenters. The van der Waals surface area contributed by atoms with Crippen LogP contribution in [-0.4, -0.2) is 4.98 Å². The number of aromatic nitrogens is 1. The summed E-state index contributed by atoms with van der Waals surface area (Å²) < 4.78 is 60.8. The van der Waals surface area contributed by atoms with Crippen LogP contribution in [0.3, 0.4) is 0 Å². The number of rotatable bonds is 1. The third kappa shape index (κ3) is 10.9. The lowest BCUT2D eigenvalue weighted by Crippen LogP contribution is -2.09. The van der Waals surface area contributed by atoms with Crippen molar-refractivity contribution >= 4 is 18.3 Å². The fraction of sp³-hybridized carbons (Fsp3) is 0.304. The summed E-state index contributed by atoms with van der Waals surface area (Å²) in [5.74, 6) is -2.86. The smallest absolute Gasteiger partial charge is 0.396 e. The highest BCUT2D eigenvalue weighted by atomic mass is 32.1. The first-order valence-electron chi connectivity index (χ1n) is 9.93. The summed E-state index contributed by atoms with van der Waals surface area (Å²) in [5.41, 5.74) is 4.85. The van der Waals surface area contributed by atoms with E-state index in [0.717, 1.165) is 10.6 Å². The van der Waals surface area contributed by atoms with E-state index in [1.807, 2.05) is 72.0 Å². The van der Waals surface area contributed by atoms with E-state index >= 15 is 0 Å². The highest BCUT2D eigenvalue weighted by Crippen LogP contribution is 2.33. The van der Waals surface area contributed by atoms with Gasteiger partial charge >= 0.3 is 6.18 Å². The summed E-state index contributed by atoms with van der Waals surface area (Å²) in [6, 6.07) is 12.5. The van der Waals surface area contributed by atoms with E-state index in [9.17, 15) is 22.0 Å². The van der Waals surface area contributed by atoms with Gasteiger partial charge in [0.2, 0.25) is 0 Å². The van der Waals surface area contributed by atoms with Crippen LogP contribution in [0.2, 0.25) is 0 Å². The van der Waals surface area contributed by atoms with Gasteiger partial charge in [-0.3, -0.25) is 0 Å². The van der Waals surface area contributed by atoms with Crippen LogP contribution < -0.4 is 5.73 Å². The molecule has 0 aliphatic rings. The minimum absolute atomic E-state index is 0.0324. The topological polar surface area (TPSA) is 41.8 Å². The minimum atomic E-state index is -4.90. The Bertz CT molecular complexity index is 847. The summed E-state index contributed by atoms with van der Waals surface area (Å²) in [7, 11) is 0. The number of benzene rings is 2. The van der Waals surface area contributed by atoms with Gasteiger partial charge in [0.25, 0.3) is 0 Å². The van der Waals surface area contributed by atoms with E-state index in [4.69, 9.17) is 5.73 Å². The van der Waals surface area contributed by atoms with Crippen molar-refractivity contribution in [3.05, 3.63) is 71.9 Å². The Morgan fingerprint density at radius 3 is 1.74 bits per heavy atom. The van der Waals surface area contributed by atoms with Crippen LogP contribution >= 0.6 is 12.6 Å². The molecule has 0 amide bonds. The number of nitrogens with two attached hydrogens (primary N) is 1. The van der Waals surface area contributed by atoms with E-state index in [0.29, 0.717) is 6.07 Å². The molecule has 0 radical (unpaired) electrons. The van der Waals surface area contributed by atoms with Crippen molar-refractivity contribution < 1.29 is 22.0 Å². The summed E-state index contributed by atoms with van der Waals surface area (Å²) in [6.07, 6.45) is -3.02. The van der Waals surface area contributed by atoms with Crippen molar-refractivity contribution in [3.63, 3.8) is 0 Å². The Balaban J connectivity index is 0. The second kappa shape index (κ2) is 16.2. The molecule has 174 valence electrons. The maximum absolute atomic E-state index is 12.6. The van der Waals surface area contributed by atoms with Gasteiger partial charge in [-0.2, -0.15) is 13.2 Å². The molecule has 2 nitrogen and oxygen atoms in total. The molecule has 0 unspecified atom stereocenters. The van der Waals surface area contributed by atoms with E-state index in [-0.39, 0.29) is 6.07 Å². The summed E-state index contributed by atoms with van der Waals surface area (Å²) in [4.78, 5) is 4.11. The predicted molar refractivity (Wildman–Crippen MR) is 123 cm³/mol. The van der Waals surface area contributed by atoms with Crippen LogP contribution in [0.4, 0.5) is 27.6 Å². The zero-order valence-electron chi connectivity index (χ0n) is 18.6. The third-order valence-corrected chi connectivity index (χ3v) is 3.40. The molecule has 8 heteroatoms. The Kier molecular flexibility index (Phi) is 16.1. The highest BCUT2D eigenvalue weighted by Gasteiger charge is 2.34. The van der Waals surface area contributed by atoms with Crippen LogP contribution in [0.25, 0.3) is 11.3 Å². The number of nitrogen functional groups attached to an aromatic ring is 1. The fourth-order valence-electron chi connectivity index (χ4n) is 1.95. The van der Waals surface area contributed by atoms with E-state index in [1.165, 1.54) is 5.56 Å². The SMILES string of the molecule is CC.CC.CC.Nc1cc(F)c(C(F)(F)F)cc1F.Sc1c[nH]c(-c2ccccc2)c1. The average molecular weight is 463 g/mol. The Labute approximate surface area is 187 Å². The molecule has 0 saturated carbocycles. The number of hydrogen-bond donors (Lipinski definition) is 3. The minimum Gasteiger partial charge on any atom is -0.396 e. The van der Waals surface area contributed by atoms with Gasteiger partial charge in [0.05, 0.1) is 11.3 Å². The van der Waals surface area contributed by atoms with Crippen LogP contribution in [0.5, 0.6) is 0 Å². The Morgan fingerprint density at radius 1 is 0.806 bits per heavy atom. The van der Waals surface area contributed by atoms with Crippen molar-refractivity contribution in [3.8, 4) is 11.3 Å². The first kappa shape index (κ1) is 30.7. The van der Waals surface area contributed by atoms with Crippen molar-refractivity contribution in [1.29, 1.82) is 0 Å². The van der Waals surface area contributed by atoms with Gasteiger partial charge in [0.1, 0.15) is 11.6 Å². The van der Waals surface area contributed by atoms with Gasteiger partial charge < -0.3 is 10.7 Å². The van der Waals surface area contributed by atoms with Crippen LogP contribution in [0.15, 0.2) is 59.6 Å². The molecule has 0 aliphatic heterocycles. The molecule has 1 heterocycles. The molecule has 0 saturated heterocycles. The number of aromatic amines is 1. The van der Waals surface area contributed by atoms with Crippen molar-refractivity contribution in [2.75, 3.05) is 5.73 Å². The Morgan fingerprint density at radius 2 is 1.32 bits per heavy atom. The summed E-state index contributed by atoms with van der Waals surface area (Å²) in [5, 5.41) is 0. The second-order valence-electron chi connectivity index (χ2n) is 4.99. The fourth-order valence-corrected chi connectivity index (χ4v) is 2.14. The van der Waals surface area contributed by atoms with Crippen LogP contribution in [0, 0.1) is 11.6 Å².